The Kier molecular flexibility index (Phi) is 4.11. The van der Waals surface area contributed by atoms with Gasteiger partial charge in [-0.15, -0.1) is 0 Å². The fourth-order valence-corrected chi connectivity index (χ4v) is 1.94. The molecule has 2 N–H and O–H groups in total. The Balaban J connectivity index is 2.68. The fraction of sp³-hybridized carbons (Fsp3) is 0.455. The number of hydrogen-bond acceptors (Lipinski definition) is 2. The Bertz CT molecular complexity index is 299. The summed E-state index contributed by atoms with van der Waals surface area (Å²) in [7, 11) is 1.67. The molecule has 0 saturated heterocycles. The average molecular weight is 258 g/mol. The van der Waals surface area contributed by atoms with Gasteiger partial charge in [0.25, 0.3) is 0 Å². The fourth-order valence-electron chi connectivity index (χ4n) is 1.49. The topological polar surface area (TPSA) is 35.2 Å². The monoisotopic (exact) mass is 257 g/mol. The van der Waals surface area contributed by atoms with Crippen LogP contribution in [0.1, 0.15) is 12.5 Å². The van der Waals surface area contributed by atoms with Crippen LogP contribution in [0, 0.1) is 0 Å². The minimum Gasteiger partial charge on any atom is -0.383 e. The van der Waals surface area contributed by atoms with Crippen molar-refractivity contribution in [2.75, 3.05) is 13.7 Å². The molecular formula is C11H16BrNO. The van der Waals surface area contributed by atoms with Crippen LogP contribution >= 0.6 is 15.9 Å². The van der Waals surface area contributed by atoms with Crippen molar-refractivity contribution in [2.45, 2.75) is 18.9 Å². The number of benzene rings is 1. The lowest BCUT2D eigenvalue weighted by molar-refractivity contribution is 0.141. The number of rotatable bonds is 4. The zero-order chi connectivity index (χ0) is 10.6. The molecule has 0 aromatic heterocycles. The van der Waals surface area contributed by atoms with Crippen LogP contribution in [-0.2, 0) is 11.2 Å². The Morgan fingerprint density at radius 2 is 2.21 bits per heavy atom. The van der Waals surface area contributed by atoms with Gasteiger partial charge in [-0.05, 0) is 31.0 Å². The van der Waals surface area contributed by atoms with Crippen LogP contribution in [-0.4, -0.2) is 19.3 Å². The molecule has 1 aromatic rings. The molecule has 1 unspecified atom stereocenters. The van der Waals surface area contributed by atoms with Gasteiger partial charge in [0.2, 0.25) is 0 Å². The molecule has 0 saturated carbocycles. The van der Waals surface area contributed by atoms with E-state index in [1.807, 2.05) is 19.1 Å². The summed E-state index contributed by atoms with van der Waals surface area (Å²) >= 11 is 3.44. The molecule has 0 aliphatic carbocycles. The molecule has 78 valence electrons. The predicted molar refractivity (Wildman–Crippen MR) is 62.3 cm³/mol. The van der Waals surface area contributed by atoms with Gasteiger partial charge in [0.05, 0.1) is 6.61 Å². The van der Waals surface area contributed by atoms with E-state index < -0.39 is 0 Å². The van der Waals surface area contributed by atoms with E-state index in [-0.39, 0.29) is 5.54 Å². The first-order chi connectivity index (χ1) is 6.53. The molecular weight excluding hydrogens is 242 g/mol. The normalized spacial score (nSPS) is 15.1. The summed E-state index contributed by atoms with van der Waals surface area (Å²) in [5.41, 5.74) is 7.00. The molecule has 0 fully saturated rings. The van der Waals surface area contributed by atoms with Crippen LogP contribution in [0.2, 0.25) is 0 Å². The van der Waals surface area contributed by atoms with Crippen molar-refractivity contribution in [3.05, 3.63) is 34.3 Å². The van der Waals surface area contributed by atoms with Gasteiger partial charge in [-0.2, -0.15) is 0 Å². The smallest absolute Gasteiger partial charge is 0.0642 e. The molecule has 0 aliphatic heterocycles. The maximum atomic E-state index is 6.07. The largest absolute Gasteiger partial charge is 0.383 e. The maximum absolute atomic E-state index is 6.07. The predicted octanol–water partition coefficient (Wildman–Crippen LogP) is 2.36. The van der Waals surface area contributed by atoms with Gasteiger partial charge in [-0.1, -0.05) is 28.1 Å². The van der Waals surface area contributed by atoms with Crippen LogP contribution in [0.3, 0.4) is 0 Å². The van der Waals surface area contributed by atoms with Gasteiger partial charge in [0, 0.05) is 17.1 Å². The second kappa shape index (κ2) is 4.91. The molecule has 1 atom stereocenters. The summed E-state index contributed by atoms with van der Waals surface area (Å²) in [4.78, 5) is 0. The van der Waals surface area contributed by atoms with Gasteiger partial charge in [-0.25, -0.2) is 0 Å². The molecule has 0 heterocycles. The van der Waals surface area contributed by atoms with Crippen molar-refractivity contribution in [1.82, 2.24) is 0 Å². The molecule has 1 rings (SSSR count). The first-order valence-electron chi connectivity index (χ1n) is 4.56. The minimum atomic E-state index is -0.296. The van der Waals surface area contributed by atoms with Gasteiger partial charge < -0.3 is 10.5 Å². The first-order valence-corrected chi connectivity index (χ1v) is 5.35. The lowest BCUT2D eigenvalue weighted by Crippen LogP contribution is -2.43. The van der Waals surface area contributed by atoms with Crippen molar-refractivity contribution in [1.29, 1.82) is 0 Å². The third-order valence-corrected chi connectivity index (χ3v) is 2.46. The van der Waals surface area contributed by atoms with E-state index in [0.29, 0.717) is 6.61 Å². The highest BCUT2D eigenvalue weighted by Gasteiger charge is 2.18. The number of methoxy groups -OCH3 is 1. The zero-order valence-electron chi connectivity index (χ0n) is 8.59. The summed E-state index contributed by atoms with van der Waals surface area (Å²) in [5.74, 6) is 0. The standard InChI is InChI=1S/C11H16BrNO/c1-11(13,8-14-2)7-9-4-3-5-10(12)6-9/h3-6H,7-8,13H2,1-2H3. The highest BCUT2D eigenvalue weighted by atomic mass is 79.9. The van der Waals surface area contributed by atoms with E-state index in [2.05, 4.69) is 28.1 Å². The van der Waals surface area contributed by atoms with E-state index in [4.69, 9.17) is 10.5 Å². The second-order valence-electron chi connectivity index (χ2n) is 3.89. The van der Waals surface area contributed by atoms with Crippen LogP contribution in [0.15, 0.2) is 28.7 Å². The maximum Gasteiger partial charge on any atom is 0.0642 e. The van der Waals surface area contributed by atoms with Crippen molar-refractivity contribution in [3.63, 3.8) is 0 Å². The molecule has 0 radical (unpaired) electrons. The third-order valence-electron chi connectivity index (χ3n) is 1.97. The summed E-state index contributed by atoms with van der Waals surface area (Å²) in [6.45, 7) is 2.57. The highest BCUT2D eigenvalue weighted by Crippen LogP contribution is 2.16. The van der Waals surface area contributed by atoms with E-state index >= 15 is 0 Å². The van der Waals surface area contributed by atoms with Crippen LogP contribution < -0.4 is 5.73 Å². The number of hydrogen-bond donors (Lipinski definition) is 1. The number of halogens is 1. The van der Waals surface area contributed by atoms with E-state index in [9.17, 15) is 0 Å². The molecule has 0 aliphatic rings. The SMILES string of the molecule is COCC(C)(N)Cc1cccc(Br)c1. The summed E-state index contributed by atoms with van der Waals surface area (Å²) in [5, 5.41) is 0. The summed E-state index contributed by atoms with van der Waals surface area (Å²) in [6.07, 6.45) is 0.820. The first kappa shape index (κ1) is 11.7. The Morgan fingerprint density at radius 3 is 2.79 bits per heavy atom. The molecule has 0 bridgehead atoms. The number of nitrogens with two attached hydrogens (primary N) is 1. The summed E-state index contributed by atoms with van der Waals surface area (Å²) in [6, 6.07) is 8.18. The van der Waals surface area contributed by atoms with E-state index in [0.717, 1.165) is 10.9 Å². The minimum absolute atomic E-state index is 0.296. The molecule has 0 amide bonds. The average Bonchev–Trinajstić information content (AvgIpc) is 2.02. The van der Waals surface area contributed by atoms with Crippen molar-refractivity contribution in [3.8, 4) is 0 Å². The van der Waals surface area contributed by atoms with Crippen LogP contribution in [0.4, 0.5) is 0 Å². The molecule has 14 heavy (non-hydrogen) atoms. The molecule has 2 nitrogen and oxygen atoms in total. The number of ether oxygens (including phenoxy) is 1. The summed E-state index contributed by atoms with van der Waals surface area (Å²) < 4.78 is 6.16. The van der Waals surface area contributed by atoms with Gasteiger partial charge in [0.1, 0.15) is 0 Å². The van der Waals surface area contributed by atoms with Crippen molar-refractivity contribution < 1.29 is 4.74 Å². The third kappa shape index (κ3) is 3.78. The lowest BCUT2D eigenvalue weighted by Gasteiger charge is -2.23. The van der Waals surface area contributed by atoms with E-state index in [1.54, 1.807) is 7.11 Å². The zero-order valence-corrected chi connectivity index (χ0v) is 10.2. The Hall–Kier alpha value is -0.380. The molecule has 0 spiro atoms. The highest BCUT2D eigenvalue weighted by molar-refractivity contribution is 9.10. The Labute approximate surface area is 93.6 Å². The van der Waals surface area contributed by atoms with Crippen LogP contribution in [0.25, 0.3) is 0 Å². The quantitative estimate of drug-likeness (QED) is 0.899. The van der Waals surface area contributed by atoms with Crippen molar-refractivity contribution >= 4 is 15.9 Å². The molecule has 1 aromatic carbocycles. The second-order valence-corrected chi connectivity index (χ2v) is 4.81. The van der Waals surface area contributed by atoms with Crippen LogP contribution in [0.5, 0.6) is 0 Å². The molecule has 3 heteroatoms. The van der Waals surface area contributed by atoms with Gasteiger partial charge >= 0.3 is 0 Å². The van der Waals surface area contributed by atoms with Gasteiger partial charge in [-0.3, -0.25) is 0 Å². The lowest BCUT2D eigenvalue weighted by atomic mass is 9.95. The van der Waals surface area contributed by atoms with E-state index in [1.165, 1.54) is 5.56 Å². The Morgan fingerprint density at radius 1 is 1.50 bits per heavy atom. The van der Waals surface area contributed by atoms with Crippen molar-refractivity contribution in [2.24, 2.45) is 5.73 Å². The van der Waals surface area contributed by atoms with Gasteiger partial charge in [0.15, 0.2) is 0 Å².